The quantitative estimate of drug-likeness (QED) is 0.352. The summed E-state index contributed by atoms with van der Waals surface area (Å²) in [6.45, 7) is 0. The molecule has 0 saturated heterocycles. The predicted molar refractivity (Wildman–Crippen MR) is 13.8 cm³/mol. The number of hydrogen-bond acceptors (Lipinski definition) is 0. The third-order valence-corrected chi connectivity index (χ3v) is 0. The number of rotatable bonds is 0. The molecule has 0 radical (unpaired) electrons. The Labute approximate surface area is 82.0 Å². The van der Waals surface area contributed by atoms with Crippen LogP contribution in [0.15, 0.2) is 0 Å². The summed E-state index contributed by atoms with van der Waals surface area (Å²) in [7, 11) is 0. The van der Waals surface area contributed by atoms with Crippen LogP contribution in [0.3, 0.4) is 0 Å². The van der Waals surface area contributed by atoms with Gasteiger partial charge in [-0.05, 0) is 0 Å². The van der Waals surface area contributed by atoms with Crippen LogP contribution in [0, 0.1) is 0 Å². The molecular weight excluding hydrogens is 647 g/mol. The molecule has 0 unspecified atom stereocenters. The molecule has 0 amide bonds. The van der Waals surface area contributed by atoms with Crippen molar-refractivity contribution in [3.63, 3.8) is 0 Å². The van der Waals surface area contributed by atoms with Gasteiger partial charge in [0, 0.05) is 0 Å². The van der Waals surface area contributed by atoms with Crippen LogP contribution in [0.4, 0.5) is 0 Å². The van der Waals surface area contributed by atoms with Gasteiger partial charge in [0.25, 0.3) is 0 Å². The summed E-state index contributed by atoms with van der Waals surface area (Å²) in [6.07, 6.45) is 0. The van der Waals surface area contributed by atoms with Crippen molar-refractivity contribution < 1.29 is 63.2 Å². The van der Waals surface area contributed by atoms with Crippen LogP contribution in [0.25, 0.3) is 0 Å². The van der Waals surface area contributed by atoms with Gasteiger partial charge in [0.15, 0.2) is 0 Å². The van der Waals surface area contributed by atoms with Crippen LogP contribution in [-0.2, 0) is 63.2 Å². The Morgan fingerprint density at radius 2 is 0.400 bits per heavy atom. The molecule has 5 heavy (non-hydrogen) atoms. The summed E-state index contributed by atoms with van der Waals surface area (Å²) in [5.41, 5.74) is 0. The van der Waals surface area contributed by atoms with Crippen molar-refractivity contribution >= 4 is 19.8 Å². The van der Waals surface area contributed by atoms with Crippen LogP contribution >= 0.6 is 19.8 Å². The van der Waals surface area contributed by atoms with Crippen molar-refractivity contribution in [2.24, 2.45) is 0 Å². The Hall–Kier alpha value is 2.92. The maximum absolute atomic E-state index is 0. The Balaban J connectivity index is 0. The molecule has 0 nitrogen and oxygen atoms in total. The van der Waals surface area contributed by atoms with E-state index in [9.17, 15) is 0 Å². The second-order valence-electron chi connectivity index (χ2n) is 0. The summed E-state index contributed by atoms with van der Waals surface area (Å²) < 4.78 is 0. The van der Waals surface area contributed by atoms with E-state index in [0.29, 0.717) is 0 Å². The van der Waals surface area contributed by atoms with Crippen molar-refractivity contribution in [2.45, 2.75) is 0 Å². The molecule has 5 heteroatoms. The van der Waals surface area contributed by atoms with Crippen LogP contribution in [-0.4, -0.2) is 0 Å². The van der Waals surface area contributed by atoms with E-state index in [1.54, 1.807) is 0 Å². The summed E-state index contributed by atoms with van der Waals surface area (Å²) in [4.78, 5) is 0. The van der Waals surface area contributed by atoms with Crippen molar-refractivity contribution in [3.8, 4) is 0 Å². The van der Waals surface area contributed by atoms with Gasteiger partial charge in [-0.2, -0.15) is 0 Å². The molecule has 0 heterocycles. The van der Waals surface area contributed by atoms with Gasteiger partial charge >= 0.3 is 63.2 Å². The van der Waals surface area contributed by atoms with Crippen LogP contribution < -0.4 is 0 Å². The van der Waals surface area contributed by atoms with Gasteiger partial charge in [-0.25, -0.2) is 0 Å². The maximum Gasteiger partial charge on any atom is 2.00 e. The summed E-state index contributed by atoms with van der Waals surface area (Å²) >= 11 is 0. The molecule has 0 N–H and O–H groups in total. The van der Waals surface area contributed by atoms with E-state index in [2.05, 4.69) is 0 Å². The maximum atomic E-state index is 0. The molecule has 0 saturated carbocycles. The van der Waals surface area contributed by atoms with Crippen LogP contribution in [0.2, 0.25) is 0 Å². The van der Waals surface area contributed by atoms with Gasteiger partial charge in [0.1, 0.15) is 0 Å². The zero-order valence-electron chi connectivity index (χ0n) is 1.84. The Morgan fingerprint density at radius 3 is 0.400 bits per heavy atom. The summed E-state index contributed by atoms with van der Waals surface area (Å²) in [5.74, 6) is 0. The molecule has 0 aromatic rings. The number of hydrogen-bond donors (Lipinski definition) is 0. The van der Waals surface area contributed by atoms with Gasteiger partial charge in [-0.15, -0.1) is 0 Å². The fourth-order valence-corrected chi connectivity index (χ4v) is 0. The van der Waals surface area contributed by atoms with Gasteiger partial charge in [-0.3, -0.25) is 0 Å². The van der Waals surface area contributed by atoms with E-state index < -0.39 is 0 Å². The standard InChI is InChI=1S/2P.3Pt/q2*-3;3*+2. The van der Waals surface area contributed by atoms with E-state index >= 15 is 0 Å². The van der Waals surface area contributed by atoms with Crippen molar-refractivity contribution in [3.05, 3.63) is 0 Å². The topological polar surface area (TPSA) is 0 Å². The van der Waals surface area contributed by atoms with E-state index in [-0.39, 0.29) is 83.0 Å². The summed E-state index contributed by atoms with van der Waals surface area (Å²) in [6, 6.07) is 0. The minimum absolute atomic E-state index is 0. The molecule has 0 bridgehead atoms. The first kappa shape index (κ1) is 44.4. The van der Waals surface area contributed by atoms with Gasteiger partial charge in [0.2, 0.25) is 0 Å². The van der Waals surface area contributed by atoms with E-state index in [1.165, 1.54) is 0 Å². The van der Waals surface area contributed by atoms with Crippen molar-refractivity contribution in [2.75, 3.05) is 0 Å². The first-order valence-electron chi connectivity index (χ1n) is 0. The van der Waals surface area contributed by atoms with Crippen molar-refractivity contribution in [1.82, 2.24) is 0 Å². The van der Waals surface area contributed by atoms with E-state index in [0.717, 1.165) is 0 Å². The Bertz CT molecular complexity index is 4.85. The second-order valence-corrected chi connectivity index (χ2v) is 0. The third-order valence-electron chi connectivity index (χ3n) is 0. The molecule has 0 aliphatic rings. The fraction of sp³-hybridized carbons (Fsp3) is 0. The molecule has 40 valence electrons. The predicted octanol–water partition coefficient (Wildman–Crippen LogP) is 1.71. The molecule has 0 aromatic heterocycles. The van der Waals surface area contributed by atoms with Gasteiger partial charge < -0.3 is 19.8 Å². The van der Waals surface area contributed by atoms with Gasteiger partial charge in [-0.1, -0.05) is 0 Å². The molecule has 0 fully saturated rings. The molecule has 0 aliphatic carbocycles. The largest absolute Gasteiger partial charge is 3.00 e. The van der Waals surface area contributed by atoms with Crippen LogP contribution in [0.1, 0.15) is 0 Å². The zero-order chi connectivity index (χ0) is 0. The first-order valence-corrected chi connectivity index (χ1v) is 0. The minimum Gasteiger partial charge on any atom is -3.00 e. The molecule has 0 rings (SSSR count). The van der Waals surface area contributed by atoms with Crippen molar-refractivity contribution in [1.29, 1.82) is 0 Å². The molecule has 0 aromatic carbocycles. The fourth-order valence-electron chi connectivity index (χ4n) is 0. The average Bonchev–Trinajstić information content (AvgIpc) is 0. The smallest absolute Gasteiger partial charge is 2.00 e. The summed E-state index contributed by atoms with van der Waals surface area (Å²) in [5, 5.41) is 0. The normalized spacial score (nSPS) is 0. The monoisotopic (exact) mass is 647 g/mol. The third kappa shape index (κ3) is 19.6. The SMILES string of the molecule is [P-3].[P-3].[Pt+2].[Pt+2].[Pt+2]. The minimum atomic E-state index is 0. The van der Waals surface area contributed by atoms with E-state index in [4.69, 9.17) is 0 Å². The van der Waals surface area contributed by atoms with Crippen LogP contribution in [0.5, 0.6) is 0 Å². The zero-order valence-corrected chi connectivity index (χ0v) is 10.4. The Morgan fingerprint density at radius 1 is 0.400 bits per heavy atom. The van der Waals surface area contributed by atoms with Gasteiger partial charge in [0.05, 0.1) is 0 Å². The second kappa shape index (κ2) is 28.4. The molecule has 0 spiro atoms. The average molecular weight is 647 g/mol. The molecular formula is P2Pt3. The molecule has 0 atom stereocenters. The Kier molecular flexibility index (Phi) is 252. The first-order chi connectivity index (χ1) is 0. The molecule has 0 aliphatic heterocycles. The van der Waals surface area contributed by atoms with E-state index in [1.807, 2.05) is 0 Å².